The summed E-state index contributed by atoms with van der Waals surface area (Å²) in [7, 11) is 1.61. The zero-order valence-corrected chi connectivity index (χ0v) is 12.7. The SMILES string of the molecule is COc1cccc2c(N3CCC[C@@](C)(C(=O)O)C3)ncnc12. The Morgan fingerprint density at radius 3 is 2.95 bits per heavy atom. The van der Waals surface area contributed by atoms with Crippen molar-refractivity contribution in [2.45, 2.75) is 19.8 Å². The lowest BCUT2D eigenvalue weighted by Gasteiger charge is -2.38. The fraction of sp³-hybridized carbons (Fsp3) is 0.438. The van der Waals surface area contributed by atoms with Gasteiger partial charge in [0.05, 0.1) is 12.5 Å². The minimum Gasteiger partial charge on any atom is -0.494 e. The standard InChI is InChI=1S/C16H19N3O3/c1-16(15(20)21)7-4-8-19(9-16)14-11-5-3-6-12(22-2)13(11)17-10-18-14/h3,5-6,10H,4,7-9H2,1-2H3,(H,20,21)/t16-/m1/s1. The van der Waals surface area contributed by atoms with Crippen LogP contribution in [0.4, 0.5) is 5.82 Å². The summed E-state index contributed by atoms with van der Waals surface area (Å²) < 4.78 is 5.35. The number of nitrogens with zero attached hydrogens (tertiary/aromatic N) is 3. The molecule has 0 radical (unpaired) electrons. The predicted octanol–water partition coefficient (Wildman–Crippen LogP) is 2.33. The van der Waals surface area contributed by atoms with Crippen LogP contribution in [0, 0.1) is 5.41 Å². The number of ether oxygens (including phenoxy) is 1. The van der Waals surface area contributed by atoms with Gasteiger partial charge in [-0.2, -0.15) is 0 Å². The lowest BCUT2D eigenvalue weighted by atomic mass is 9.82. The molecule has 1 N–H and O–H groups in total. The van der Waals surface area contributed by atoms with Gasteiger partial charge in [-0.3, -0.25) is 4.79 Å². The summed E-state index contributed by atoms with van der Waals surface area (Å²) in [5.74, 6) is 0.711. The average Bonchev–Trinajstić information content (AvgIpc) is 2.53. The number of aliphatic carboxylic acids is 1. The molecule has 0 unspecified atom stereocenters. The highest BCUT2D eigenvalue weighted by Crippen LogP contribution is 2.35. The molecule has 2 aromatic rings. The van der Waals surface area contributed by atoms with Crippen molar-refractivity contribution in [3.8, 4) is 5.75 Å². The zero-order chi connectivity index (χ0) is 15.7. The van der Waals surface area contributed by atoms with E-state index < -0.39 is 11.4 Å². The van der Waals surface area contributed by atoms with Crippen molar-refractivity contribution < 1.29 is 14.6 Å². The first-order valence-electron chi connectivity index (χ1n) is 7.31. The van der Waals surface area contributed by atoms with E-state index in [-0.39, 0.29) is 0 Å². The molecule has 22 heavy (non-hydrogen) atoms. The number of hydrogen-bond acceptors (Lipinski definition) is 5. The summed E-state index contributed by atoms with van der Waals surface area (Å²) >= 11 is 0. The molecule has 0 saturated carbocycles. The quantitative estimate of drug-likeness (QED) is 0.937. The number of aromatic nitrogens is 2. The van der Waals surface area contributed by atoms with Gasteiger partial charge in [0, 0.05) is 18.5 Å². The Kier molecular flexibility index (Phi) is 3.60. The van der Waals surface area contributed by atoms with E-state index in [0.717, 1.165) is 29.7 Å². The first-order valence-corrected chi connectivity index (χ1v) is 7.31. The van der Waals surface area contributed by atoms with E-state index in [1.54, 1.807) is 14.0 Å². The van der Waals surface area contributed by atoms with Crippen molar-refractivity contribution in [3.63, 3.8) is 0 Å². The second-order valence-corrected chi connectivity index (χ2v) is 5.94. The van der Waals surface area contributed by atoms with Crippen molar-refractivity contribution in [2.75, 3.05) is 25.1 Å². The highest BCUT2D eigenvalue weighted by Gasteiger charge is 2.38. The van der Waals surface area contributed by atoms with Crippen LogP contribution < -0.4 is 9.64 Å². The van der Waals surface area contributed by atoms with Gasteiger partial charge in [-0.15, -0.1) is 0 Å². The number of carboxylic acids is 1. The molecule has 1 aliphatic heterocycles. The fourth-order valence-corrected chi connectivity index (χ4v) is 3.06. The normalized spacial score (nSPS) is 21.8. The Morgan fingerprint density at radius 1 is 1.41 bits per heavy atom. The zero-order valence-electron chi connectivity index (χ0n) is 12.7. The van der Waals surface area contributed by atoms with E-state index >= 15 is 0 Å². The smallest absolute Gasteiger partial charge is 0.311 e. The van der Waals surface area contributed by atoms with Gasteiger partial charge in [0.25, 0.3) is 0 Å². The highest BCUT2D eigenvalue weighted by atomic mass is 16.5. The van der Waals surface area contributed by atoms with Crippen molar-refractivity contribution in [1.29, 1.82) is 0 Å². The van der Waals surface area contributed by atoms with E-state index in [2.05, 4.69) is 9.97 Å². The number of benzene rings is 1. The Balaban J connectivity index is 2.05. The van der Waals surface area contributed by atoms with Gasteiger partial charge in [-0.05, 0) is 31.9 Å². The molecule has 3 rings (SSSR count). The van der Waals surface area contributed by atoms with Crippen molar-refractivity contribution in [3.05, 3.63) is 24.5 Å². The fourth-order valence-electron chi connectivity index (χ4n) is 3.06. The molecule has 1 saturated heterocycles. The summed E-state index contributed by atoms with van der Waals surface area (Å²) in [5, 5.41) is 10.4. The van der Waals surface area contributed by atoms with Crippen LogP contribution in [0.2, 0.25) is 0 Å². The van der Waals surface area contributed by atoms with Crippen LogP contribution in [-0.2, 0) is 4.79 Å². The number of methoxy groups -OCH3 is 1. The Labute approximate surface area is 128 Å². The topological polar surface area (TPSA) is 75.5 Å². The molecule has 0 aliphatic carbocycles. The Bertz CT molecular complexity index is 719. The molecular formula is C16H19N3O3. The third-order valence-electron chi connectivity index (χ3n) is 4.34. The Morgan fingerprint density at radius 2 is 2.23 bits per heavy atom. The minimum absolute atomic E-state index is 0.450. The number of carbonyl (C=O) groups is 1. The molecule has 1 aliphatic rings. The molecule has 1 fully saturated rings. The van der Waals surface area contributed by atoms with Crippen molar-refractivity contribution in [2.24, 2.45) is 5.41 Å². The number of para-hydroxylation sites is 1. The summed E-state index contributed by atoms with van der Waals surface area (Å²) in [6.45, 7) is 3.04. The van der Waals surface area contributed by atoms with Gasteiger partial charge in [0.1, 0.15) is 23.4 Å². The van der Waals surface area contributed by atoms with Gasteiger partial charge >= 0.3 is 5.97 Å². The minimum atomic E-state index is -0.756. The molecule has 1 aromatic heterocycles. The molecule has 116 valence electrons. The molecule has 6 nitrogen and oxygen atoms in total. The molecule has 6 heteroatoms. The third-order valence-corrected chi connectivity index (χ3v) is 4.34. The van der Waals surface area contributed by atoms with Crippen LogP contribution in [0.1, 0.15) is 19.8 Å². The van der Waals surface area contributed by atoms with Gasteiger partial charge in [-0.25, -0.2) is 9.97 Å². The van der Waals surface area contributed by atoms with Gasteiger partial charge in [0.15, 0.2) is 0 Å². The first-order chi connectivity index (χ1) is 10.5. The van der Waals surface area contributed by atoms with Crippen LogP contribution in [0.5, 0.6) is 5.75 Å². The number of piperidine rings is 1. The van der Waals surface area contributed by atoms with E-state index in [1.807, 2.05) is 23.1 Å². The van der Waals surface area contributed by atoms with Crippen LogP contribution in [0.3, 0.4) is 0 Å². The van der Waals surface area contributed by atoms with E-state index in [9.17, 15) is 9.90 Å². The second-order valence-electron chi connectivity index (χ2n) is 5.94. The monoisotopic (exact) mass is 301 g/mol. The number of carboxylic acid groups (broad SMARTS) is 1. The van der Waals surface area contributed by atoms with E-state index in [0.29, 0.717) is 18.7 Å². The first kappa shape index (κ1) is 14.6. The maximum atomic E-state index is 11.5. The summed E-state index contributed by atoms with van der Waals surface area (Å²) in [6, 6.07) is 5.70. The van der Waals surface area contributed by atoms with Gasteiger partial charge in [0.2, 0.25) is 0 Å². The lowest BCUT2D eigenvalue weighted by molar-refractivity contribution is -0.148. The molecule has 1 aromatic carbocycles. The molecule has 0 bridgehead atoms. The van der Waals surface area contributed by atoms with Crippen LogP contribution in [0.15, 0.2) is 24.5 Å². The molecular weight excluding hydrogens is 282 g/mol. The number of hydrogen-bond donors (Lipinski definition) is 1. The van der Waals surface area contributed by atoms with Crippen LogP contribution >= 0.6 is 0 Å². The summed E-state index contributed by atoms with van der Waals surface area (Å²) in [5.41, 5.74) is 0.00610. The second kappa shape index (κ2) is 5.44. The maximum absolute atomic E-state index is 11.5. The Hall–Kier alpha value is -2.37. The predicted molar refractivity (Wildman–Crippen MR) is 83.3 cm³/mol. The van der Waals surface area contributed by atoms with Crippen LogP contribution in [0.25, 0.3) is 10.9 Å². The summed E-state index contributed by atoms with van der Waals surface area (Å²) in [4.78, 5) is 22.3. The van der Waals surface area contributed by atoms with Crippen molar-refractivity contribution >= 4 is 22.7 Å². The third kappa shape index (κ3) is 2.34. The van der Waals surface area contributed by atoms with E-state index in [1.165, 1.54) is 6.33 Å². The average molecular weight is 301 g/mol. The van der Waals surface area contributed by atoms with Gasteiger partial charge in [-0.1, -0.05) is 6.07 Å². The van der Waals surface area contributed by atoms with E-state index in [4.69, 9.17) is 4.74 Å². The number of anilines is 1. The van der Waals surface area contributed by atoms with Crippen molar-refractivity contribution in [1.82, 2.24) is 9.97 Å². The lowest BCUT2D eigenvalue weighted by Crippen LogP contribution is -2.46. The van der Waals surface area contributed by atoms with Crippen LogP contribution in [-0.4, -0.2) is 41.2 Å². The maximum Gasteiger partial charge on any atom is 0.311 e. The molecule has 0 amide bonds. The highest BCUT2D eigenvalue weighted by molar-refractivity contribution is 5.93. The molecule has 2 heterocycles. The van der Waals surface area contributed by atoms with Gasteiger partial charge < -0.3 is 14.7 Å². The molecule has 0 spiro atoms. The molecule has 1 atom stereocenters. The summed E-state index contributed by atoms with van der Waals surface area (Å²) in [6.07, 6.45) is 3.02. The largest absolute Gasteiger partial charge is 0.494 e. The number of rotatable bonds is 3. The number of fused-ring (bicyclic) bond motifs is 1.